The fourth-order valence-corrected chi connectivity index (χ4v) is 2.04. The molecule has 0 saturated carbocycles. The average molecular weight is 257 g/mol. The van der Waals surface area contributed by atoms with E-state index < -0.39 is 11.9 Å². The van der Waals surface area contributed by atoms with Gasteiger partial charge in [-0.05, 0) is 18.6 Å². The van der Waals surface area contributed by atoms with Crippen LogP contribution >= 0.6 is 15.9 Å². The summed E-state index contributed by atoms with van der Waals surface area (Å²) >= 11 is 3.39. The number of hydrogen-bond donors (Lipinski definition) is 1. The van der Waals surface area contributed by atoms with Crippen LogP contribution in [0.1, 0.15) is 5.56 Å². The van der Waals surface area contributed by atoms with E-state index in [1.165, 1.54) is 0 Å². The van der Waals surface area contributed by atoms with Gasteiger partial charge in [0.25, 0.3) is 0 Å². The van der Waals surface area contributed by atoms with Crippen LogP contribution in [0, 0.1) is 5.92 Å². The third-order valence-corrected chi connectivity index (χ3v) is 3.06. The van der Waals surface area contributed by atoms with Gasteiger partial charge in [0.15, 0.2) is 0 Å². The molecule has 1 N–H and O–H groups in total. The highest BCUT2D eigenvalue weighted by Gasteiger charge is 2.26. The van der Waals surface area contributed by atoms with Crippen molar-refractivity contribution in [3.63, 3.8) is 0 Å². The molecule has 0 bridgehead atoms. The molecule has 0 spiro atoms. The average Bonchev–Trinajstić information content (AvgIpc) is 2.18. The fourth-order valence-electron chi connectivity index (χ4n) is 1.53. The van der Waals surface area contributed by atoms with E-state index >= 15 is 0 Å². The Bertz CT molecular complexity index is 376. The number of carboxylic acids is 1. The van der Waals surface area contributed by atoms with Crippen molar-refractivity contribution in [1.82, 2.24) is 0 Å². The molecule has 0 fully saturated rings. The number of rotatable bonds is 1. The maximum Gasteiger partial charge on any atom is 0.310 e. The van der Waals surface area contributed by atoms with E-state index in [9.17, 15) is 4.79 Å². The maximum absolute atomic E-state index is 10.8. The molecule has 14 heavy (non-hydrogen) atoms. The number of halogens is 1. The van der Waals surface area contributed by atoms with Crippen LogP contribution in [0.4, 0.5) is 0 Å². The van der Waals surface area contributed by atoms with E-state index in [0.717, 1.165) is 15.8 Å². The van der Waals surface area contributed by atoms with Crippen LogP contribution in [0.5, 0.6) is 5.75 Å². The lowest BCUT2D eigenvalue weighted by Gasteiger charge is -2.23. The van der Waals surface area contributed by atoms with E-state index in [2.05, 4.69) is 15.9 Å². The van der Waals surface area contributed by atoms with Crippen LogP contribution in [0.3, 0.4) is 0 Å². The van der Waals surface area contributed by atoms with E-state index in [4.69, 9.17) is 9.84 Å². The molecule has 74 valence electrons. The number of benzene rings is 1. The quantitative estimate of drug-likeness (QED) is 0.837. The number of hydrogen-bond acceptors (Lipinski definition) is 2. The molecule has 1 aromatic carbocycles. The normalized spacial score (nSPS) is 19.6. The molecule has 0 aliphatic carbocycles. The lowest BCUT2D eigenvalue weighted by Crippen LogP contribution is -2.28. The molecule has 1 aliphatic heterocycles. The minimum atomic E-state index is -0.800. The summed E-state index contributed by atoms with van der Waals surface area (Å²) in [5.41, 5.74) is 0.950. The number of carboxylic acid groups (broad SMARTS) is 1. The Hall–Kier alpha value is -1.03. The van der Waals surface area contributed by atoms with E-state index in [-0.39, 0.29) is 6.61 Å². The third kappa shape index (κ3) is 1.62. The topological polar surface area (TPSA) is 46.5 Å². The summed E-state index contributed by atoms with van der Waals surface area (Å²) in [6.07, 6.45) is 0.534. The molecule has 1 heterocycles. The van der Waals surface area contributed by atoms with Crippen LogP contribution in [0.15, 0.2) is 22.7 Å². The largest absolute Gasteiger partial charge is 0.492 e. The maximum atomic E-state index is 10.8. The summed E-state index contributed by atoms with van der Waals surface area (Å²) in [5.74, 6) is -0.440. The third-order valence-electron chi connectivity index (χ3n) is 2.32. The standard InChI is InChI=1S/C10H9BrO3/c11-8-2-1-3-9-7(8)4-6(5-14-9)10(12)13/h1-3,6H,4-5H2,(H,12,13)/t6-/m0/s1. The molecule has 1 aliphatic rings. The second-order valence-corrected chi connectivity index (χ2v) is 4.12. The zero-order valence-corrected chi connectivity index (χ0v) is 8.95. The van der Waals surface area contributed by atoms with Gasteiger partial charge in [0, 0.05) is 10.0 Å². The predicted octanol–water partition coefficient (Wildman–Crippen LogP) is 2.08. The Kier molecular flexibility index (Phi) is 2.46. The smallest absolute Gasteiger partial charge is 0.310 e. The first-order valence-corrected chi connectivity index (χ1v) is 5.11. The summed E-state index contributed by atoms with van der Waals surface area (Å²) in [7, 11) is 0. The van der Waals surface area contributed by atoms with Crippen molar-refractivity contribution in [1.29, 1.82) is 0 Å². The van der Waals surface area contributed by atoms with Crippen LogP contribution in [0.2, 0.25) is 0 Å². The molecule has 0 aromatic heterocycles. The van der Waals surface area contributed by atoms with Gasteiger partial charge in [0.05, 0.1) is 5.92 Å². The Morgan fingerprint density at radius 3 is 3.07 bits per heavy atom. The molecule has 1 aromatic rings. The van der Waals surface area contributed by atoms with Crippen molar-refractivity contribution < 1.29 is 14.6 Å². The molecular weight excluding hydrogens is 248 g/mol. The zero-order chi connectivity index (χ0) is 10.1. The summed E-state index contributed by atoms with van der Waals surface area (Å²) in [4.78, 5) is 10.8. The van der Waals surface area contributed by atoms with Crippen LogP contribution < -0.4 is 4.74 Å². The molecular formula is C10H9BrO3. The molecule has 1 atom stereocenters. The first kappa shape index (κ1) is 9.52. The Morgan fingerprint density at radius 1 is 1.57 bits per heavy atom. The van der Waals surface area contributed by atoms with Crippen molar-refractivity contribution in [2.24, 2.45) is 5.92 Å². The number of fused-ring (bicyclic) bond motifs is 1. The molecule has 0 radical (unpaired) electrons. The first-order valence-electron chi connectivity index (χ1n) is 4.31. The first-order chi connectivity index (χ1) is 6.68. The van der Waals surface area contributed by atoms with Crippen molar-refractivity contribution in [3.8, 4) is 5.75 Å². The molecule has 0 amide bonds. The molecule has 3 nitrogen and oxygen atoms in total. The molecule has 4 heteroatoms. The Labute approximate surface area is 89.8 Å². The molecule has 2 rings (SSSR count). The van der Waals surface area contributed by atoms with Gasteiger partial charge in [0.1, 0.15) is 12.4 Å². The molecule has 0 saturated heterocycles. The van der Waals surface area contributed by atoms with Gasteiger partial charge >= 0.3 is 5.97 Å². The van der Waals surface area contributed by atoms with Crippen LogP contribution in [-0.2, 0) is 11.2 Å². The van der Waals surface area contributed by atoms with Gasteiger partial charge in [-0.3, -0.25) is 4.79 Å². The van der Waals surface area contributed by atoms with Crippen LogP contribution in [-0.4, -0.2) is 17.7 Å². The SMILES string of the molecule is O=C(O)[C@@H]1COc2cccc(Br)c2C1. The lowest BCUT2D eigenvalue weighted by molar-refractivity contribution is -0.143. The van der Waals surface area contributed by atoms with E-state index in [1.54, 1.807) is 0 Å². The minimum absolute atomic E-state index is 0.263. The van der Waals surface area contributed by atoms with Gasteiger partial charge in [0.2, 0.25) is 0 Å². The predicted molar refractivity (Wildman–Crippen MR) is 54.5 cm³/mol. The second kappa shape index (κ2) is 3.61. The molecule has 0 unspecified atom stereocenters. The number of ether oxygens (including phenoxy) is 1. The highest BCUT2D eigenvalue weighted by atomic mass is 79.9. The second-order valence-electron chi connectivity index (χ2n) is 3.27. The fraction of sp³-hybridized carbons (Fsp3) is 0.300. The van der Waals surface area contributed by atoms with Crippen molar-refractivity contribution >= 4 is 21.9 Å². The van der Waals surface area contributed by atoms with Gasteiger partial charge in [-0.1, -0.05) is 22.0 Å². The van der Waals surface area contributed by atoms with Gasteiger partial charge in [-0.25, -0.2) is 0 Å². The summed E-state index contributed by atoms with van der Waals surface area (Å²) in [6.45, 7) is 0.263. The monoisotopic (exact) mass is 256 g/mol. The van der Waals surface area contributed by atoms with Crippen molar-refractivity contribution in [2.45, 2.75) is 6.42 Å². The highest BCUT2D eigenvalue weighted by molar-refractivity contribution is 9.10. The van der Waals surface area contributed by atoms with E-state index in [1.807, 2.05) is 18.2 Å². The number of aliphatic carboxylic acids is 1. The number of carbonyl (C=O) groups is 1. The highest BCUT2D eigenvalue weighted by Crippen LogP contribution is 2.32. The summed E-state index contributed by atoms with van der Waals surface area (Å²) < 4.78 is 6.28. The zero-order valence-electron chi connectivity index (χ0n) is 7.37. The van der Waals surface area contributed by atoms with Crippen molar-refractivity contribution in [3.05, 3.63) is 28.2 Å². The van der Waals surface area contributed by atoms with Gasteiger partial charge in [-0.15, -0.1) is 0 Å². The van der Waals surface area contributed by atoms with Crippen LogP contribution in [0.25, 0.3) is 0 Å². The Balaban J connectivity index is 2.33. The lowest BCUT2D eigenvalue weighted by atomic mass is 9.97. The summed E-state index contributed by atoms with van der Waals surface area (Å²) in [6, 6.07) is 5.63. The Morgan fingerprint density at radius 2 is 2.36 bits per heavy atom. The minimum Gasteiger partial charge on any atom is -0.492 e. The van der Waals surface area contributed by atoms with Gasteiger partial charge in [-0.2, -0.15) is 0 Å². The van der Waals surface area contributed by atoms with Crippen molar-refractivity contribution in [2.75, 3.05) is 6.61 Å². The summed E-state index contributed by atoms with van der Waals surface area (Å²) in [5, 5.41) is 8.86. The van der Waals surface area contributed by atoms with E-state index in [0.29, 0.717) is 6.42 Å². The van der Waals surface area contributed by atoms with Gasteiger partial charge < -0.3 is 9.84 Å².